The van der Waals surface area contributed by atoms with Crippen LogP contribution in [0.2, 0.25) is 10.0 Å². The van der Waals surface area contributed by atoms with Crippen LogP contribution in [-0.4, -0.2) is 78.5 Å². The van der Waals surface area contributed by atoms with Gasteiger partial charge in [0.1, 0.15) is 0 Å². The van der Waals surface area contributed by atoms with E-state index in [1.807, 2.05) is 18.7 Å². The molecule has 1 aromatic carbocycles. The number of halogens is 2. The lowest BCUT2D eigenvalue weighted by atomic mass is 9.94. The van der Waals surface area contributed by atoms with Crippen molar-refractivity contribution in [3.63, 3.8) is 0 Å². The molecule has 10 heteroatoms. The van der Waals surface area contributed by atoms with Gasteiger partial charge in [-0.2, -0.15) is 0 Å². The number of rotatable bonds is 9. The molecule has 3 rings (SSSR count). The fraction of sp³-hybridized carbons (Fsp3) is 0.500. The van der Waals surface area contributed by atoms with Crippen molar-refractivity contribution in [2.75, 3.05) is 45.9 Å². The first-order valence-corrected chi connectivity index (χ1v) is 13.0. The third-order valence-corrected chi connectivity index (χ3v) is 6.94. The number of hydrogen-bond donors (Lipinski definition) is 1. The molecule has 0 aliphatic carbocycles. The van der Waals surface area contributed by atoms with E-state index in [2.05, 4.69) is 16.8 Å². The van der Waals surface area contributed by atoms with Crippen molar-refractivity contribution < 1.29 is 19.1 Å². The molecule has 1 saturated heterocycles. The lowest BCUT2D eigenvalue weighted by molar-refractivity contribution is -0.139. The maximum absolute atomic E-state index is 13.3. The van der Waals surface area contributed by atoms with Crippen molar-refractivity contribution >= 4 is 41.1 Å². The number of esters is 1. The van der Waals surface area contributed by atoms with E-state index in [1.54, 1.807) is 31.2 Å². The molecule has 0 spiro atoms. The zero-order valence-electron chi connectivity index (χ0n) is 21.1. The molecule has 0 aromatic heterocycles. The maximum Gasteiger partial charge on any atom is 0.338 e. The molecule has 0 radical (unpaired) electrons. The van der Waals surface area contributed by atoms with Crippen LogP contribution in [0.3, 0.4) is 0 Å². The lowest BCUT2D eigenvalue weighted by Crippen LogP contribution is -2.54. The lowest BCUT2D eigenvalue weighted by Gasteiger charge is -2.40. The van der Waals surface area contributed by atoms with Crippen molar-refractivity contribution in [2.45, 2.75) is 33.2 Å². The van der Waals surface area contributed by atoms with Crippen molar-refractivity contribution in [3.8, 4) is 0 Å². The average Bonchev–Trinajstić information content (AvgIpc) is 2.83. The van der Waals surface area contributed by atoms with Gasteiger partial charge < -0.3 is 15.0 Å². The minimum Gasteiger partial charge on any atom is -0.463 e. The number of ether oxygens (including phenoxy) is 1. The number of nitrogens with one attached hydrogen (secondary N) is 1. The van der Waals surface area contributed by atoms with E-state index in [-0.39, 0.29) is 25.1 Å². The smallest absolute Gasteiger partial charge is 0.338 e. The molecule has 0 unspecified atom stereocenters. The predicted molar refractivity (Wildman–Crippen MR) is 141 cm³/mol. The van der Waals surface area contributed by atoms with Crippen LogP contribution in [0.1, 0.15) is 38.8 Å². The molecule has 0 bridgehead atoms. The Balaban J connectivity index is 1.96. The Morgan fingerprint density at radius 2 is 1.89 bits per heavy atom. The summed E-state index contributed by atoms with van der Waals surface area (Å²) in [5.74, 6) is -0.0520. The number of benzene rings is 1. The van der Waals surface area contributed by atoms with E-state index in [1.165, 1.54) is 4.90 Å². The highest BCUT2D eigenvalue weighted by molar-refractivity contribution is 6.42. The summed E-state index contributed by atoms with van der Waals surface area (Å²) in [5.41, 5.74) is 1.52. The van der Waals surface area contributed by atoms with Crippen LogP contribution in [0, 0.1) is 5.92 Å². The van der Waals surface area contributed by atoms with Crippen LogP contribution >= 0.6 is 23.2 Å². The molecule has 196 valence electrons. The molecule has 1 fully saturated rings. The Hall–Kier alpha value is -2.55. The highest BCUT2D eigenvalue weighted by atomic mass is 35.5. The third kappa shape index (κ3) is 6.60. The van der Waals surface area contributed by atoms with Crippen molar-refractivity contribution in [1.29, 1.82) is 0 Å². The molecule has 2 aliphatic rings. The largest absolute Gasteiger partial charge is 0.463 e. The molecular formula is C26H34Cl2N4O4. The van der Waals surface area contributed by atoms with Crippen LogP contribution in [-0.2, 0) is 14.3 Å². The summed E-state index contributed by atoms with van der Waals surface area (Å²) in [4.78, 5) is 44.5. The number of carbonyl (C=O) groups excluding carboxylic acids is 3. The molecule has 36 heavy (non-hydrogen) atoms. The number of amides is 3. The van der Waals surface area contributed by atoms with Crippen LogP contribution in [0.15, 0.2) is 42.1 Å². The summed E-state index contributed by atoms with van der Waals surface area (Å²) in [6.07, 6.45) is 2.14. The summed E-state index contributed by atoms with van der Waals surface area (Å²) in [6, 6.07) is 3.92. The number of hydrogen-bond acceptors (Lipinski definition) is 5. The monoisotopic (exact) mass is 536 g/mol. The quantitative estimate of drug-likeness (QED) is 0.376. The second-order valence-electron chi connectivity index (χ2n) is 9.29. The Kier molecular flexibility index (Phi) is 9.82. The van der Waals surface area contributed by atoms with Gasteiger partial charge >= 0.3 is 12.0 Å². The van der Waals surface area contributed by atoms with Crippen LogP contribution < -0.4 is 5.32 Å². The first-order valence-electron chi connectivity index (χ1n) is 12.2. The average molecular weight is 537 g/mol. The number of urea groups is 1. The predicted octanol–water partition coefficient (Wildman–Crippen LogP) is 4.25. The molecule has 0 saturated carbocycles. The summed E-state index contributed by atoms with van der Waals surface area (Å²) in [6.45, 7) is 12.8. The van der Waals surface area contributed by atoms with E-state index in [0.29, 0.717) is 71.9 Å². The summed E-state index contributed by atoms with van der Waals surface area (Å²) < 4.78 is 5.42. The molecule has 1 N–H and O–H groups in total. The molecule has 2 aliphatic heterocycles. The zero-order valence-corrected chi connectivity index (χ0v) is 22.6. The van der Waals surface area contributed by atoms with Gasteiger partial charge in [0.05, 0.1) is 28.3 Å². The zero-order chi connectivity index (χ0) is 26.4. The summed E-state index contributed by atoms with van der Waals surface area (Å²) >= 11 is 12.4. The SMILES string of the molecule is C=CCN1C(=O)N[C@@H](c2ccc(Cl)c(Cl)c2)C(C(=O)OCC)=C1CN1CCN(C(=O)CC(C)C)CC1. The molecule has 2 heterocycles. The van der Waals surface area contributed by atoms with E-state index in [0.717, 1.165) is 0 Å². The van der Waals surface area contributed by atoms with Crippen molar-refractivity contribution in [2.24, 2.45) is 5.92 Å². The van der Waals surface area contributed by atoms with E-state index in [4.69, 9.17) is 27.9 Å². The van der Waals surface area contributed by atoms with Gasteiger partial charge in [0.15, 0.2) is 0 Å². The van der Waals surface area contributed by atoms with Gasteiger partial charge in [0.2, 0.25) is 5.91 Å². The molecule has 1 aromatic rings. The van der Waals surface area contributed by atoms with E-state index < -0.39 is 12.0 Å². The number of nitrogens with zero attached hydrogens (tertiary/aromatic N) is 3. The fourth-order valence-corrected chi connectivity index (χ4v) is 4.74. The first-order chi connectivity index (χ1) is 17.2. The van der Waals surface area contributed by atoms with Gasteiger partial charge in [-0.3, -0.25) is 14.6 Å². The van der Waals surface area contributed by atoms with Gasteiger partial charge in [0, 0.05) is 51.4 Å². The highest BCUT2D eigenvalue weighted by Gasteiger charge is 2.39. The Morgan fingerprint density at radius 3 is 2.47 bits per heavy atom. The van der Waals surface area contributed by atoms with Crippen molar-refractivity contribution in [1.82, 2.24) is 20.0 Å². The Morgan fingerprint density at radius 1 is 1.19 bits per heavy atom. The Labute approximate surface area is 222 Å². The van der Waals surface area contributed by atoms with Crippen LogP contribution in [0.5, 0.6) is 0 Å². The van der Waals surface area contributed by atoms with Gasteiger partial charge in [0.25, 0.3) is 0 Å². The second kappa shape index (κ2) is 12.6. The standard InChI is InChI=1S/C26H34Cl2N4O4/c1-5-9-32-21(16-30-10-12-31(13-11-30)22(33)14-17(3)4)23(25(34)36-6-2)24(29-26(32)35)18-7-8-19(27)20(28)15-18/h5,7-8,15,17,24H,1,6,9-14,16H2,2-4H3,(H,29,35)/t24-/m0/s1. The minimum atomic E-state index is -0.753. The first kappa shape index (κ1) is 28.0. The van der Waals surface area contributed by atoms with Crippen LogP contribution in [0.4, 0.5) is 4.79 Å². The van der Waals surface area contributed by atoms with Crippen molar-refractivity contribution in [3.05, 3.63) is 57.7 Å². The summed E-state index contributed by atoms with van der Waals surface area (Å²) in [5, 5.41) is 3.62. The van der Waals surface area contributed by atoms with Crippen LogP contribution in [0.25, 0.3) is 0 Å². The Bertz CT molecular complexity index is 1030. The normalized spacial score (nSPS) is 18.9. The van der Waals surface area contributed by atoms with Gasteiger partial charge in [-0.05, 0) is 30.5 Å². The van der Waals surface area contributed by atoms with E-state index >= 15 is 0 Å². The fourth-order valence-electron chi connectivity index (χ4n) is 4.43. The molecule has 8 nitrogen and oxygen atoms in total. The second-order valence-corrected chi connectivity index (χ2v) is 10.1. The van der Waals surface area contributed by atoms with Gasteiger partial charge in [-0.1, -0.05) is 49.2 Å². The molecule has 3 amide bonds. The van der Waals surface area contributed by atoms with Gasteiger partial charge in [-0.15, -0.1) is 6.58 Å². The summed E-state index contributed by atoms with van der Waals surface area (Å²) in [7, 11) is 0. The van der Waals surface area contributed by atoms with Gasteiger partial charge in [-0.25, -0.2) is 9.59 Å². The number of piperazine rings is 1. The third-order valence-electron chi connectivity index (χ3n) is 6.20. The maximum atomic E-state index is 13.3. The molecule has 1 atom stereocenters. The minimum absolute atomic E-state index is 0.154. The van der Waals surface area contributed by atoms with E-state index in [9.17, 15) is 14.4 Å². The number of carbonyl (C=O) groups is 3. The molecular weight excluding hydrogens is 503 g/mol. The highest BCUT2D eigenvalue weighted by Crippen LogP contribution is 2.35. The topological polar surface area (TPSA) is 82.2 Å².